The molecule has 1 aliphatic heterocycles. The molecule has 4 aromatic heterocycles. The molecule has 0 N–H and O–H groups in total. The van der Waals surface area contributed by atoms with Gasteiger partial charge in [0.05, 0.1) is 10.9 Å². The molecule has 4 aromatic rings. The highest BCUT2D eigenvalue weighted by molar-refractivity contribution is 8.00. The van der Waals surface area contributed by atoms with Crippen molar-refractivity contribution in [2.75, 3.05) is 11.5 Å². The zero-order valence-electron chi connectivity index (χ0n) is 15.1. The van der Waals surface area contributed by atoms with Gasteiger partial charge in [0.1, 0.15) is 0 Å². The van der Waals surface area contributed by atoms with E-state index in [0.717, 1.165) is 50.5 Å². The highest BCUT2D eigenvalue weighted by Crippen LogP contribution is 2.39. The van der Waals surface area contributed by atoms with Gasteiger partial charge in [0.25, 0.3) is 0 Å². The highest BCUT2D eigenvalue weighted by atomic mass is 32.2. The molecule has 142 valence electrons. The Labute approximate surface area is 174 Å². The first kappa shape index (κ1) is 17.9. The molecule has 7 nitrogen and oxygen atoms in total. The molecule has 1 unspecified atom stereocenters. The maximum absolute atomic E-state index is 4.46. The molecule has 0 bridgehead atoms. The second-order valence-corrected chi connectivity index (χ2v) is 9.14. The molecular formula is C18H17N7S3. The van der Waals surface area contributed by atoms with Crippen molar-refractivity contribution >= 4 is 34.9 Å². The maximum Gasteiger partial charge on any atom is 0.191 e. The van der Waals surface area contributed by atoms with Crippen LogP contribution in [-0.2, 0) is 6.54 Å². The van der Waals surface area contributed by atoms with Gasteiger partial charge in [-0.25, -0.2) is 0 Å². The fourth-order valence-electron chi connectivity index (χ4n) is 3.21. The first-order valence-corrected chi connectivity index (χ1v) is 11.8. The van der Waals surface area contributed by atoms with Gasteiger partial charge in [0.2, 0.25) is 0 Å². The Kier molecular flexibility index (Phi) is 4.91. The number of fused-ring (bicyclic) bond motifs is 1. The molecule has 5 heterocycles. The Morgan fingerprint density at radius 1 is 1.11 bits per heavy atom. The summed E-state index contributed by atoms with van der Waals surface area (Å²) in [7, 11) is 0. The normalized spacial score (nSPS) is 15.8. The zero-order valence-corrected chi connectivity index (χ0v) is 17.5. The van der Waals surface area contributed by atoms with Crippen LogP contribution in [0, 0.1) is 0 Å². The van der Waals surface area contributed by atoms with E-state index >= 15 is 0 Å². The van der Waals surface area contributed by atoms with E-state index in [1.807, 2.05) is 18.2 Å². The van der Waals surface area contributed by atoms with E-state index < -0.39 is 0 Å². The van der Waals surface area contributed by atoms with E-state index in [1.165, 1.54) is 0 Å². The number of nitrogens with zero attached hydrogens (tertiary/aromatic N) is 7. The predicted octanol–water partition coefficient (Wildman–Crippen LogP) is 4.12. The van der Waals surface area contributed by atoms with E-state index in [1.54, 1.807) is 47.3 Å². The Morgan fingerprint density at radius 3 is 2.75 bits per heavy atom. The molecule has 0 aromatic carbocycles. The van der Waals surface area contributed by atoms with Crippen LogP contribution >= 0.6 is 34.9 Å². The average Bonchev–Trinajstić information content (AvgIpc) is 3.51. The number of thiophene rings is 1. The van der Waals surface area contributed by atoms with E-state index in [0.29, 0.717) is 6.04 Å². The Morgan fingerprint density at radius 2 is 1.96 bits per heavy atom. The number of thioether (sulfide) groups is 2. The summed E-state index contributed by atoms with van der Waals surface area (Å²) in [5.41, 5.74) is 1.04. The van der Waals surface area contributed by atoms with E-state index in [4.69, 9.17) is 0 Å². The minimum absolute atomic E-state index is 0.315. The zero-order chi connectivity index (χ0) is 18.9. The topological polar surface area (TPSA) is 74.3 Å². The Bertz CT molecular complexity index is 1070. The summed E-state index contributed by atoms with van der Waals surface area (Å²) >= 11 is 5.20. The summed E-state index contributed by atoms with van der Waals surface area (Å²) < 4.78 is 4.44. The molecule has 0 radical (unpaired) electrons. The first-order chi connectivity index (χ1) is 13.8. The van der Waals surface area contributed by atoms with E-state index in [2.05, 4.69) is 52.9 Å². The first-order valence-electron chi connectivity index (χ1n) is 8.93. The van der Waals surface area contributed by atoms with Gasteiger partial charge in [-0.3, -0.25) is 9.55 Å². The lowest BCUT2D eigenvalue weighted by Crippen LogP contribution is -2.12. The third kappa shape index (κ3) is 3.15. The quantitative estimate of drug-likeness (QED) is 0.429. The number of aromatic nitrogens is 7. The van der Waals surface area contributed by atoms with Crippen molar-refractivity contribution in [3.8, 4) is 22.1 Å². The minimum Gasteiger partial charge on any atom is -0.302 e. The van der Waals surface area contributed by atoms with Gasteiger partial charge in [-0.1, -0.05) is 29.6 Å². The molecule has 0 saturated heterocycles. The van der Waals surface area contributed by atoms with Crippen molar-refractivity contribution < 1.29 is 0 Å². The summed E-state index contributed by atoms with van der Waals surface area (Å²) in [5.74, 6) is 3.75. The molecule has 0 fully saturated rings. The standard InChI is InChI=1S/C18H17N7S3/c1-2-24-16(14-4-3-9-26-14)21-22-17(24)27-10-13-11-28-18-23-20-15(25(13)18)12-5-7-19-8-6-12/h3-9,13H,2,10-11H2,1H3. The number of pyridine rings is 1. The van der Waals surface area contributed by atoms with Crippen LogP contribution in [0.3, 0.4) is 0 Å². The minimum atomic E-state index is 0.315. The van der Waals surface area contributed by atoms with Crippen LogP contribution in [0.15, 0.2) is 52.4 Å². The van der Waals surface area contributed by atoms with Gasteiger partial charge in [0, 0.05) is 36.0 Å². The second kappa shape index (κ2) is 7.69. The number of hydrogen-bond acceptors (Lipinski definition) is 8. The third-order valence-corrected chi connectivity index (χ3v) is 7.62. The van der Waals surface area contributed by atoms with Gasteiger partial charge in [-0.05, 0) is 30.5 Å². The smallest absolute Gasteiger partial charge is 0.191 e. The van der Waals surface area contributed by atoms with E-state index in [-0.39, 0.29) is 0 Å². The molecule has 5 rings (SSSR count). The van der Waals surface area contributed by atoms with Crippen molar-refractivity contribution in [2.24, 2.45) is 0 Å². The average molecular weight is 428 g/mol. The molecule has 0 amide bonds. The molecule has 0 aliphatic carbocycles. The van der Waals surface area contributed by atoms with Gasteiger partial charge >= 0.3 is 0 Å². The van der Waals surface area contributed by atoms with Crippen LogP contribution in [-0.4, -0.2) is 46.0 Å². The van der Waals surface area contributed by atoms with Crippen LogP contribution in [0.2, 0.25) is 0 Å². The largest absolute Gasteiger partial charge is 0.302 e. The monoisotopic (exact) mass is 427 g/mol. The SMILES string of the molecule is CCn1c(SCC2CSc3nnc(-c4ccncc4)n32)nnc1-c1cccs1. The lowest BCUT2D eigenvalue weighted by molar-refractivity contribution is 0.595. The van der Waals surface area contributed by atoms with E-state index in [9.17, 15) is 0 Å². The fraction of sp³-hybridized carbons (Fsp3) is 0.278. The van der Waals surface area contributed by atoms with Crippen LogP contribution in [0.4, 0.5) is 0 Å². The molecule has 1 aliphatic rings. The third-order valence-electron chi connectivity index (χ3n) is 4.55. The van der Waals surface area contributed by atoms with Crippen molar-refractivity contribution in [1.29, 1.82) is 0 Å². The van der Waals surface area contributed by atoms with Crippen molar-refractivity contribution in [3.05, 3.63) is 42.0 Å². The van der Waals surface area contributed by atoms with Crippen molar-refractivity contribution in [3.63, 3.8) is 0 Å². The predicted molar refractivity (Wildman–Crippen MR) is 113 cm³/mol. The van der Waals surface area contributed by atoms with Gasteiger partial charge in [-0.15, -0.1) is 31.7 Å². The van der Waals surface area contributed by atoms with Crippen LogP contribution in [0.5, 0.6) is 0 Å². The lowest BCUT2D eigenvalue weighted by atomic mass is 10.2. The Hall–Kier alpha value is -2.17. The van der Waals surface area contributed by atoms with Crippen LogP contribution in [0.1, 0.15) is 13.0 Å². The van der Waals surface area contributed by atoms with Gasteiger partial charge in [-0.2, -0.15) is 0 Å². The lowest BCUT2D eigenvalue weighted by Gasteiger charge is -2.14. The molecule has 0 saturated carbocycles. The number of rotatable bonds is 6. The van der Waals surface area contributed by atoms with Crippen LogP contribution in [0.25, 0.3) is 22.1 Å². The van der Waals surface area contributed by atoms with Crippen molar-refractivity contribution in [1.82, 2.24) is 34.5 Å². The molecule has 28 heavy (non-hydrogen) atoms. The summed E-state index contributed by atoms with van der Waals surface area (Å²) in [4.78, 5) is 5.25. The molecule has 1 atom stereocenters. The van der Waals surface area contributed by atoms with Gasteiger partial charge < -0.3 is 4.57 Å². The summed E-state index contributed by atoms with van der Waals surface area (Å²) in [5, 5.41) is 21.7. The Balaban J connectivity index is 1.38. The second-order valence-electron chi connectivity index (χ2n) is 6.22. The van der Waals surface area contributed by atoms with Crippen LogP contribution < -0.4 is 0 Å². The summed E-state index contributed by atoms with van der Waals surface area (Å²) in [6, 6.07) is 8.41. The fourth-order valence-corrected chi connectivity index (χ4v) is 6.24. The summed E-state index contributed by atoms with van der Waals surface area (Å²) in [6.45, 7) is 2.98. The summed E-state index contributed by atoms with van der Waals surface area (Å²) in [6.07, 6.45) is 3.58. The van der Waals surface area contributed by atoms with Gasteiger partial charge in [0.15, 0.2) is 22.0 Å². The molecule has 0 spiro atoms. The molecular weight excluding hydrogens is 410 g/mol. The highest BCUT2D eigenvalue weighted by Gasteiger charge is 2.29. The molecule has 10 heteroatoms. The van der Waals surface area contributed by atoms with Crippen molar-refractivity contribution in [2.45, 2.75) is 29.8 Å². The maximum atomic E-state index is 4.46. The number of hydrogen-bond donors (Lipinski definition) is 0.